The lowest BCUT2D eigenvalue weighted by atomic mass is 10.1. The Hall–Kier alpha value is -1.26. The maximum absolute atomic E-state index is 11.2. The van der Waals surface area contributed by atoms with Crippen molar-refractivity contribution in [1.82, 2.24) is 5.32 Å². The smallest absolute Gasteiger partial charge is 0.257 e. The highest BCUT2D eigenvalue weighted by atomic mass is 35.5. The molecule has 1 amide bonds. The van der Waals surface area contributed by atoms with Crippen molar-refractivity contribution in [2.24, 2.45) is 0 Å². The lowest BCUT2D eigenvalue weighted by molar-refractivity contribution is -0.122. The van der Waals surface area contributed by atoms with Crippen molar-refractivity contribution >= 4 is 17.5 Å². The quantitative estimate of drug-likeness (QED) is 0.847. The minimum Gasteiger partial charge on any atom is -0.482 e. The molecule has 0 saturated carbocycles. The van der Waals surface area contributed by atoms with Crippen molar-refractivity contribution in [3.05, 3.63) is 28.8 Å². The fourth-order valence-corrected chi connectivity index (χ4v) is 1.53. The number of aliphatic hydroxyl groups is 1. The standard InChI is InChI=1S/C12H16ClNO3/c1-3-14-12(16)7-17-11-5-4-9(8(2)15)6-10(11)13/h4-6,8,15H,3,7H2,1-2H3,(H,14,16)/t8-/m0/s1. The molecule has 0 aliphatic rings. The topological polar surface area (TPSA) is 58.6 Å². The van der Waals surface area contributed by atoms with E-state index in [2.05, 4.69) is 5.32 Å². The van der Waals surface area contributed by atoms with Crippen LogP contribution in [0.25, 0.3) is 0 Å². The molecule has 5 heteroatoms. The molecule has 0 aliphatic heterocycles. The second-order valence-electron chi connectivity index (χ2n) is 3.61. The lowest BCUT2D eigenvalue weighted by Gasteiger charge is -2.10. The van der Waals surface area contributed by atoms with E-state index in [1.807, 2.05) is 6.92 Å². The molecule has 0 saturated heterocycles. The Balaban J connectivity index is 2.63. The summed E-state index contributed by atoms with van der Waals surface area (Å²) in [7, 11) is 0. The number of rotatable bonds is 5. The van der Waals surface area contributed by atoms with Crippen LogP contribution in [-0.4, -0.2) is 24.2 Å². The van der Waals surface area contributed by atoms with Gasteiger partial charge in [0.05, 0.1) is 11.1 Å². The molecule has 1 rings (SSSR count). The fourth-order valence-electron chi connectivity index (χ4n) is 1.29. The van der Waals surface area contributed by atoms with Crippen LogP contribution >= 0.6 is 11.6 Å². The van der Waals surface area contributed by atoms with Crippen LogP contribution in [0.5, 0.6) is 5.75 Å². The van der Waals surface area contributed by atoms with Gasteiger partial charge in [-0.3, -0.25) is 4.79 Å². The molecule has 0 heterocycles. The first-order valence-corrected chi connectivity index (χ1v) is 5.79. The highest BCUT2D eigenvalue weighted by Crippen LogP contribution is 2.27. The van der Waals surface area contributed by atoms with Gasteiger partial charge in [-0.05, 0) is 31.5 Å². The van der Waals surface area contributed by atoms with Crippen molar-refractivity contribution in [2.45, 2.75) is 20.0 Å². The van der Waals surface area contributed by atoms with E-state index in [1.54, 1.807) is 25.1 Å². The van der Waals surface area contributed by atoms with Crippen molar-refractivity contribution < 1.29 is 14.6 Å². The van der Waals surface area contributed by atoms with Gasteiger partial charge >= 0.3 is 0 Å². The van der Waals surface area contributed by atoms with E-state index < -0.39 is 6.10 Å². The number of amides is 1. The first-order chi connectivity index (χ1) is 8.04. The Morgan fingerprint density at radius 3 is 2.82 bits per heavy atom. The van der Waals surface area contributed by atoms with Gasteiger partial charge in [-0.25, -0.2) is 0 Å². The van der Waals surface area contributed by atoms with Crippen molar-refractivity contribution in [3.63, 3.8) is 0 Å². The summed E-state index contributed by atoms with van der Waals surface area (Å²) >= 11 is 5.97. The van der Waals surface area contributed by atoms with Gasteiger partial charge in [-0.15, -0.1) is 0 Å². The SMILES string of the molecule is CCNC(=O)COc1ccc([C@H](C)O)cc1Cl. The second-order valence-corrected chi connectivity index (χ2v) is 4.02. The van der Waals surface area contributed by atoms with Crippen LogP contribution in [0.2, 0.25) is 5.02 Å². The highest BCUT2D eigenvalue weighted by molar-refractivity contribution is 6.32. The van der Waals surface area contributed by atoms with E-state index in [0.29, 0.717) is 22.9 Å². The van der Waals surface area contributed by atoms with Crippen LogP contribution < -0.4 is 10.1 Å². The van der Waals surface area contributed by atoms with Crippen LogP contribution in [0.1, 0.15) is 25.5 Å². The van der Waals surface area contributed by atoms with Crippen LogP contribution in [0.4, 0.5) is 0 Å². The number of nitrogens with one attached hydrogen (secondary N) is 1. The number of carbonyl (C=O) groups is 1. The van der Waals surface area contributed by atoms with E-state index in [0.717, 1.165) is 0 Å². The van der Waals surface area contributed by atoms with Crippen LogP contribution in [0.3, 0.4) is 0 Å². The van der Waals surface area contributed by atoms with Crippen LogP contribution in [-0.2, 0) is 4.79 Å². The first kappa shape index (κ1) is 13.8. The maximum atomic E-state index is 11.2. The van der Waals surface area contributed by atoms with Gasteiger partial charge in [-0.1, -0.05) is 17.7 Å². The van der Waals surface area contributed by atoms with Gasteiger partial charge < -0.3 is 15.2 Å². The summed E-state index contributed by atoms with van der Waals surface area (Å²) in [6.07, 6.45) is -0.579. The van der Waals surface area contributed by atoms with Crippen molar-refractivity contribution in [2.75, 3.05) is 13.2 Å². The number of likely N-dealkylation sites (N-methyl/N-ethyl adjacent to an activating group) is 1. The second kappa shape index (κ2) is 6.47. The third-order valence-electron chi connectivity index (χ3n) is 2.17. The van der Waals surface area contributed by atoms with E-state index in [9.17, 15) is 9.90 Å². The number of hydrogen-bond acceptors (Lipinski definition) is 3. The Kier molecular flexibility index (Phi) is 5.25. The molecule has 0 aliphatic carbocycles. The zero-order valence-electron chi connectivity index (χ0n) is 9.87. The third kappa shape index (κ3) is 4.24. The van der Waals surface area contributed by atoms with Gasteiger partial charge in [0.15, 0.2) is 6.61 Å². The molecule has 94 valence electrons. The number of aliphatic hydroxyl groups excluding tert-OH is 1. The number of carbonyl (C=O) groups excluding carboxylic acids is 1. The van der Waals surface area contributed by atoms with Crippen LogP contribution in [0, 0.1) is 0 Å². The molecule has 2 N–H and O–H groups in total. The van der Waals surface area contributed by atoms with E-state index in [1.165, 1.54) is 0 Å². The largest absolute Gasteiger partial charge is 0.482 e. The summed E-state index contributed by atoms with van der Waals surface area (Å²) < 4.78 is 5.26. The molecular weight excluding hydrogens is 242 g/mol. The number of ether oxygens (including phenoxy) is 1. The zero-order valence-corrected chi connectivity index (χ0v) is 10.6. The first-order valence-electron chi connectivity index (χ1n) is 5.41. The van der Waals surface area contributed by atoms with Crippen LogP contribution in [0.15, 0.2) is 18.2 Å². The monoisotopic (exact) mass is 257 g/mol. The predicted molar refractivity (Wildman–Crippen MR) is 66.3 cm³/mol. The maximum Gasteiger partial charge on any atom is 0.257 e. The third-order valence-corrected chi connectivity index (χ3v) is 2.47. The Bertz CT molecular complexity index is 393. The molecule has 0 bridgehead atoms. The minimum atomic E-state index is -0.579. The highest BCUT2D eigenvalue weighted by Gasteiger charge is 2.08. The van der Waals surface area contributed by atoms with E-state index >= 15 is 0 Å². The Labute approximate surface area is 106 Å². The summed E-state index contributed by atoms with van der Waals surface area (Å²) in [5, 5.41) is 12.4. The van der Waals surface area contributed by atoms with Gasteiger partial charge in [-0.2, -0.15) is 0 Å². The zero-order chi connectivity index (χ0) is 12.8. The Morgan fingerprint density at radius 2 is 2.29 bits per heavy atom. The van der Waals surface area contributed by atoms with Gasteiger partial charge in [0.2, 0.25) is 0 Å². The molecule has 0 radical (unpaired) electrons. The molecule has 0 aromatic heterocycles. The molecular formula is C12H16ClNO3. The summed E-state index contributed by atoms with van der Waals surface area (Å²) in [5.41, 5.74) is 0.709. The molecule has 0 spiro atoms. The molecule has 4 nitrogen and oxygen atoms in total. The summed E-state index contributed by atoms with van der Waals surface area (Å²) in [6.45, 7) is 3.99. The average molecular weight is 258 g/mol. The number of halogens is 1. The van der Waals surface area contributed by atoms with E-state index in [4.69, 9.17) is 16.3 Å². The minimum absolute atomic E-state index is 0.0679. The van der Waals surface area contributed by atoms with Gasteiger partial charge in [0.25, 0.3) is 5.91 Å². The summed E-state index contributed by atoms with van der Waals surface area (Å²) in [4.78, 5) is 11.2. The number of hydrogen-bond donors (Lipinski definition) is 2. The van der Waals surface area contributed by atoms with Crippen molar-refractivity contribution in [1.29, 1.82) is 0 Å². The normalized spacial score (nSPS) is 12.0. The van der Waals surface area contributed by atoms with Gasteiger partial charge in [0, 0.05) is 6.54 Å². The fraction of sp³-hybridized carbons (Fsp3) is 0.417. The molecule has 1 atom stereocenters. The summed E-state index contributed by atoms with van der Waals surface area (Å²) in [6, 6.07) is 4.98. The number of benzene rings is 1. The average Bonchev–Trinajstić information content (AvgIpc) is 2.27. The molecule has 1 aromatic carbocycles. The predicted octanol–water partition coefficient (Wildman–Crippen LogP) is 1.91. The van der Waals surface area contributed by atoms with E-state index in [-0.39, 0.29) is 12.5 Å². The molecule has 17 heavy (non-hydrogen) atoms. The molecule has 0 unspecified atom stereocenters. The Morgan fingerprint density at radius 1 is 1.59 bits per heavy atom. The molecule has 0 fully saturated rings. The van der Waals surface area contributed by atoms with Gasteiger partial charge in [0.1, 0.15) is 5.75 Å². The summed E-state index contributed by atoms with van der Waals surface area (Å²) in [5.74, 6) is 0.241. The van der Waals surface area contributed by atoms with Crippen molar-refractivity contribution in [3.8, 4) is 5.75 Å². The lowest BCUT2D eigenvalue weighted by Crippen LogP contribution is -2.28. The molecule has 1 aromatic rings.